The zero-order valence-electron chi connectivity index (χ0n) is 14.6. The number of benzene rings is 1. The number of nitrogens with one attached hydrogen (secondary N) is 1. The van der Waals surface area contributed by atoms with Crippen molar-refractivity contribution in [2.24, 2.45) is 0 Å². The van der Waals surface area contributed by atoms with Gasteiger partial charge in [-0.25, -0.2) is 0 Å². The highest BCUT2D eigenvalue weighted by atomic mass is 32.1. The summed E-state index contributed by atoms with van der Waals surface area (Å²) >= 11 is 1.76. The minimum absolute atomic E-state index is 0.0780. The minimum atomic E-state index is -0.618. The van der Waals surface area contributed by atoms with Crippen LogP contribution in [0.1, 0.15) is 10.4 Å². The Kier molecular flexibility index (Phi) is 4.55. The highest BCUT2D eigenvalue weighted by Crippen LogP contribution is 2.33. The second-order valence-corrected chi connectivity index (χ2v) is 7.50. The van der Waals surface area contributed by atoms with Crippen molar-refractivity contribution in [2.75, 3.05) is 31.6 Å². The number of nitrogens with zero attached hydrogens (tertiary/aromatic N) is 2. The molecule has 0 fully saturated rings. The van der Waals surface area contributed by atoms with Crippen molar-refractivity contribution in [3.63, 3.8) is 0 Å². The second kappa shape index (κ2) is 6.99. The van der Waals surface area contributed by atoms with Crippen LogP contribution in [0.2, 0.25) is 0 Å². The van der Waals surface area contributed by atoms with Crippen molar-refractivity contribution in [1.82, 2.24) is 10.2 Å². The van der Waals surface area contributed by atoms with Gasteiger partial charge < -0.3 is 19.9 Å². The molecule has 0 spiro atoms. The Morgan fingerprint density at radius 2 is 2.15 bits per heavy atom. The topological polar surface area (TPSA) is 61.9 Å². The van der Waals surface area contributed by atoms with Crippen LogP contribution in [0.5, 0.6) is 5.75 Å². The van der Waals surface area contributed by atoms with Crippen LogP contribution in [0, 0.1) is 0 Å². The van der Waals surface area contributed by atoms with E-state index in [1.165, 1.54) is 10.4 Å². The van der Waals surface area contributed by atoms with Crippen LogP contribution in [0.3, 0.4) is 0 Å². The summed E-state index contributed by atoms with van der Waals surface area (Å²) < 4.78 is 5.80. The van der Waals surface area contributed by atoms with Crippen molar-refractivity contribution >= 4 is 28.8 Å². The molecule has 0 aliphatic carbocycles. The highest BCUT2D eigenvalue weighted by Gasteiger charge is 2.32. The van der Waals surface area contributed by atoms with E-state index in [0.29, 0.717) is 18.8 Å². The highest BCUT2D eigenvalue weighted by molar-refractivity contribution is 7.10. The maximum atomic E-state index is 12.9. The molecule has 0 saturated heterocycles. The lowest BCUT2D eigenvalue weighted by Crippen LogP contribution is -2.51. The van der Waals surface area contributed by atoms with E-state index in [0.717, 1.165) is 18.7 Å². The van der Waals surface area contributed by atoms with Gasteiger partial charge in [0.05, 0.1) is 18.8 Å². The van der Waals surface area contributed by atoms with Gasteiger partial charge in [0.25, 0.3) is 5.91 Å². The van der Waals surface area contributed by atoms with Gasteiger partial charge in [-0.15, -0.1) is 11.3 Å². The van der Waals surface area contributed by atoms with Crippen molar-refractivity contribution in [1.29, 1.82) is 0 Å². The SMILES string of the molecule is CNC(=O)C1CN(CC(=O)N2CCc3sccc3C2)c2ccccc2O1. The van der Waals surface area contributed by atoms with Crippen LogP contribution in [0.4, 0.5) is 5.69 Å². The van der Waals surface area contributed by atoms with Crippen molar-refractivity contribution in [3.8, 4) is 5.75 Å². The fraction of sp³-hybridized carbons (Fsp3) is 0.368. The summed E-state index contributed by atoms with van der Waals surface area (Å²) in [6.45, 7) is 2.02. The quantitative estimate of drug-likeness (QED) is 0.891. The first-order valence-corrected chi connectivity index (χ1v) is 9.59. The van der Waals surface area contributed by atoms with E-state index in [1.807, 2.05) is 34.1 Å². The zero-order chi connectivity index (χ0) is 18.1. The number of anilines is 1. The van der Waals surface area contributed by atoms with Crippen LogP contribution in [-0.2, 0) is 22.6 Å². The van der Waals surface area contributed by atoms with Crippen LogP contribution >= 0.6 is 11.3 Å². The molecule has 2 aliphatic rings. The zero-order valence-corrected chi connectivity index (χ0v) is 15.4. The number of rotatable bonds is 3. The maximum Gasteiger partial charge on any atom is 0.262 e. The molecule has 26 heavy (non-hydrogen) atoms. The number of ether oxygens (including phenoxy) is 1. The smallest absolute Gasteiger partial charge is 0.262 e. The van der Waals surface area contributed by atoms with E-state index in [9.17, 15) is 9.59 Å². The van der Waals surface area contributed by atoms with Gasteiger partial charge in [0.15, 0.2) is 6.10 Å². The van der Waals surface area contributed by atoms with Crippen LogP contribution in [0.15, 0.2) is 35.7 Å². The maximum absolute atomic E-state index is 12.9. The number of thiophene rings is 1. The molecular weight excluding hydrogens is 350 g/mol. The number of carbonyl (C=O) groups is 2. The number of hydrogen-bond acceptors (Lipinski definition) is 5. The summed E-state index contributed by atoms with van der Waals surface area (Å²) in [7, 11) is 1.59. The number of fused-ring (bicyclic) bond motifs is 2. The molecule has 2 aromatic rings. The van der Waals surface area contributed by atoms with Crippen molar-refractivity contribution in [2.45, 2.75) is 19.1 Å². The molecule has 7 heteroatoms. The van der Waals surface area contributed by atoms with E-state index in [2.05, 4.69) is 16.8 Å². The molecule has 3 heterocycles. The molecule has 1 unspecified atom stereocenters. The fourth-order valence-electron chi connectivity index (χ4n) is 3.48. The molecule has 136 valence electrons. The molecule has 6 nitrogen and oxygen atoms in total. The second-order valence-electron chi connectivity index (χ2n) is 6.50. The van der Waals surface area contributed by atoms with Gasteiger partial charge in [0, 0.05) is 25.0 Å². The summed E-state index contributed by atoms with van der Waals surface area (Å²) in [5.41, 5.74) is 2.11. The molecule has 1 aromatic carbocycles. The predicted octanol–water partition coefficient (Wildman–Crippen LogP) is 1.65. The summed E-state index contributed by atoms with van der Waals surface area (Å²) in [6, 6.07) is 9.65. The Bertz CT molecular complexity index is 835. The van der Waals surface area contributed by atoms with Crippen LogP contribution in [-0.4, -0.2) is 49.5 Å². The summed E-state index contributed by atoms with van der Waals surface area (Å²) in [5.74, 6) is 0.533. The molecule has 1 atom stereocenters. The van der Waals surface area contributed by atoms with Crippen LogP contribution in [0.25, 0.3) is 0 Å². The molecule has 2 aliphatic heterocycles. The Balaban J connectivity index is 1.51. The van der Waals surface area contributed by atoms with E-state index in [1.54, 1.807) is 18.4 Å². The predicted molar refractivity (Wildman–Crippen MR) is 101 cm³/mol. The van der Waals surface area contributed by atoms with Gasteiger partial charge in [-0.3, -0.25) is 9.59 Å². The van der Waals surface area contributed by atoms with E-state index < -0.39 is 6.10 Å². The van der Waals surface area contributed by atoms with Gasteiger partial charge in [-0.2, -0.15) is 0 Å². The molecule has 0 bridgehead atoms. The third-order valence-corrected chi connectivity index (χ3v) is 5.91. The Labute approximate surface area is 156 Å². The number of amides is 2. The minimum Gasteiger partial charge on any atom is -0.477 e. The number of para-hydroxylation sites is 2. The summed E-state index contributed by atoms with van der Waals surface area (Å²) in [6.07, 6.45) is 0.298. The van der Waals surface area contributed by atoms with Gasteiger partial charge >= 0.3 is 0 Å². The monoisotopic (exact) mass is 371 g/mol. The first kappa shape index (κ1) is 16.9. The Morgan fingerprint density at radius 3 is 3.00 bits per heavy atom. The lowest BCUT2D eigenvalue weighted by atomic mass is 10.1. The molecular formula is C19H21N3O3S. The van der Waals surface area contributed by atoms with Crippen molar-refractivity contribution < 1.29 is 14.3 Å². The molecule has 1 aromatic heterocycles. The van der Waals surface area contributed by atoms with Crippen LogP contribution < -0.4 is 15.0 Å². The van der Waals surface area contributed by atoms with E-state index >= 15 is 0 Å². The number of likely N-dealkylation sites (N-methyl/N-ethyl adjacent to an activating group) is 1. The average molecular weight is 371 g/mol. The standard InChI is InChI=1S/C19H21N3O3S/c1-20-19(24)16-11-22(14-4-2-3-5-15(14)25-16)12-18(23)21-8-6-17-13(10-21)7-9-26-17/h2-5,7,9,16H,6,8,10-12H2,1H3,(H,20,24). The van der Waals surface area contributed by atoms with Gasteiger partial charge in [-0.05, 0) is 35.6 Å². The van der Waals surface area contributed by atoms with E-state index in [4.69, 9.17) is 4.74 Å². The first-order chi connectivity index (χ1) is 12.7. The molecule has 4 rings (SSSR count). The van der Waals surface area contributed by atoms with Gasteiger partial charge in [0.2, 0.25) is 5.91 Å². The Hall–Kier alpha value is -2.54. The van der Waals surface area contributed by atoms with Crippen molar-refractivity contribution in [3.05, 3.63) is 46.2 Å². The largest absolute Gasteiger partial charge is 0.477 e. The van der Waals surface area contributed by atoms with Gasteiger partial charge in [-0.1, -0.05) is 12.1 Å². The van der Waals surface area contributed by atoms with E-state index in [-0.39, 0.29) is 18.4 Å². The molecule has 0 radical (unpaired) electrons. The fourth-order valence-corrected chi connectivity index (χ4v) is 4.37. The molecule has 1 N–H and O–H groups in total. The number of carbonyl (C=O) groups excluding carboxylic acids is 2. The lowest BCUT2D eigenvalue weighted by molar-refractivity contribution is -0.131. The lowest BCUT2D eigenvalue weighted by Gasteiger charge is -2.36. The van der Waals surface area contributed by atoms with Gasteiger partial charge in [0.1, 0.15) is 5.75 Å². The third kappa shape index (κ3) is 3.14. The molecule has 0 saturated carbocycles. The average Bonchev–Trinajstić information content (AvgIpc) is 3.15. The summed E-state index contributed by atoms with van der Waals surface area (Å²) in [5, 5.41) is 4.71. The Morgan fingerprint density at radius 1 is 1.31 bits per heavy atom. The third-order valence-electron chi connectivity index (χ3n) is 4.89. The summed E-state index contributed by atoms with van der Waals surface area (Å²) in [4.78, 5) is 30.2. The normalized spacial score (nSPS) is 18.6. The number of hydrogen-bond donors (Lipinski definition) is 1. The first-order valence-electron chi connectivity index (χ1n) is 8.71. The molecule has 2 amide bonds.